The molecule has 1 saturated heterocycles. The summed E-state index contributed by atoms with van der Waals surface area (Å²) in [4.78, 5) is 13.7. The Hall–Kier alpha value is -1.47. The lowest BCUT2D eigenvalue weighted by Crippen LogP contribution is -2.37. The van der Waals surface area contributed by atoms with Crippen LogP contribution in [-0.2, 0) is 21.2 Å². The molecule has 5 nitrogen and oxygen atoms in total. The molecule has 1 amide bonds. The molecule has 0 aromatic heterocycles. The predicted octanol–water partition coefficient (Wildman–Crippen LogP) is 0.808. The Kier molecular flexibility index (Phi) is 5.52. The Morgan fingerprint density at radius 3 is 2.64 bits per heavy atom. The van der Waals surface area contributed by atoms with E-state index in [1.165, 1.54) is 12.1 Å². The Morgan fingerprint density at radius 1 is 1.36 bits per heavy atom. The highest BCUT2D eigenvalue weighted by Crippen LogP contribution is 2.18. The summed E-state index contributed by atoms with van der Waals surface area (Å²) in [7, 11) is -1.07. The van der Waals surface area contributed by atoms with Crippen molar-refractivity contribution in [3.63, 3.8) is 0 Å². The highest BCUT2D eigenvalue weighted by molar-refractivity contribution is 7.91. The smallest absolute Gasteiger partial charge is 0.234 e. The molecule has 0 spiro atoms. The fourth-order valence-corrected chi connectivity index (χ4v) is 4.47. The van der Waals surface area contributed by atoms with Crippen molar-refractivity contribution in [2.75, 3.05) is 31.6 Å². The molecule has 0 radical (unpaired) electrons. The first kappa shape index (κ1) is 16.9. The van der Waals surface area contributed by atoms with Crippen LogP contribution in [0.25, 0.3) is 0 Å². The van der Waals surface area contributed by atoms with E-state index in [4.69, 9.17) is 0 Å². The van der Waals surface area contributed by atoms with Crippen LogP contribution in [-0.4, -0.2) is 50.9 Å². The second-order valence-corrected chi connectivity index (χ2v) is 8.10. The molecule has 1 atom stereocenters. The third-order valence-corrected chi connectivity index (χ3v) is 5.55. The molecule has 1 heterocycles. The molecule has 22 heavy (non-hydrogen) atoms. The van der Waals surface area contributed by atoms with Gasteiger partial charge >= 0.3 is 0 Å². The standard InChI is InChI=1S/C15H21FN2O3S/c1-18(9-13-6-7-22(20,21)11-13)10-15(19)17-8-12-2-4-14(16)5-3-12/h2-5,13H,6-11H2,1H3,(H,17,19)/t13-/m0/s1. The summed E-state index contributed by atoms with van der Waals surface area (Å²) in [6.45, 7) is 1.17. The topological polar surface area (TPSA) is 66.5 Å². The van der Waals surface area contributed by atoms with Gasteiger partial charge in [0.25, 0.3) is 0 Å². The summed E-state index contributed by atoms with van der Waals surface area (Å²) in [5, 5.41) is 2.77. The fourth-order valence-electron chi connectivity index (χ4n) is 2.63. The highest BCUT2D eigenvalue weighted by Gasteiger charge is 2.28. The summed E-state index contributed by atoms with van der Waals surface area (Å²) in [5.74, 6) is 0.144. The molecule has 1 N–H and O–H groups in total. The van der Waals surface area contributed by atoms with Gasteiger partial charge in [0.15, 0.2) is 9.84 Å². The van der Waals surface area contributed by atoms with Crippen molar-refractivity contribution >= 4 is 15.7 Å². The molecule has 122 valence electrons. The predicted molar refractivity (Wildman–Crippen MR) is 82.5 cm³/mol. The van der Waals surface area contributed by atoms with Crippen molar-refractivity contribution in [3.8, 4) is 0 Å². The average molecular weight is 328 g/mol. The highest BCUT2D eigenvalue weighted by atomic mass is 32.2. The molecule has 1 fully saturated rings. The maximum absolute atomic E-state index is 12.8. The Morgan fingerprint density at radius 2 is 2.05 bits per heavy atom. The molecule has 0 unspecified atom stereocenters. The summed E-state index contributed by atoms with van der Waals surface area (Å²) in [6, 6.07) is 5.97. The molecular weight excluding hydrogens is 307 g/mol. The number of halogens is 1. The quantitative estimate of drug-likeness (QED) is 0.839. The van der Waals surface area contributed by atoms with Crippen LogP contribution in [0.2, 0.25) is 0 Å². The van der Waals surface area contributed by atoms with Gasteiger partial charge in [0.1, 0.15) is 5.82 Å². The number of carbonyl (C=O) groups excluding carboxylic acids is 1. The van der Waals surface area contributed by atoms with Crippen LogP contribution in [0.3, 0.4) is 0 Å². The number of rotatable bonds is 6. The van der Waals surface area contributed by atoms with Gasteiger partial charge in [-0.2, -0.15) is 0 Å². The largest absolute Gasteiger partial charge is 0.351 e. The lowest BCUT2D eigenvalue weighted by Gasteiger charge is -2.19. The first-order valence-corrected chi connectivity index (χ1v) is 9.06. The van der Waals surface area contributed by atoms with Crippen molar-refractivity contribution in [2.45, 2.75) is 13.0 Å². The van der Waals surface area contributed by atoms with E-state index < -0.39 is 9.84 Å². The minimum Gasteiger partial charge on any atom is -0.351 e. The zero-order valence-electron chi connectivity index (χ0n) is 12.6. The monoisotopic (exact) mass is 328 g/mol. The lowest BCUT2D eigenvalue weighted by atomic mass is 10.1. The van der Waals surface area contributed by atoms with Crippen LogP contribution in [0.4, 0.5) is 4.39 Å². The van der Waals surface area contributed by atoms with E-state index in [1.807, 2.05) is 11.9 Å². The first-order valence-electron chi connectivity index (χ1n) is 7.24. The number of sulfone groups is 1. The second-order valence-electron chi connectivity index (χ2n) is 5.87. The van der Waals surface area contributed by atoms with E-state index in [2.05, 4.69) is 5.32 Å². The summed E-state index contributed by atoms with van der Waals surface area (Å²) < 4.78 is 35.6. The van der Waals surface area contributed by atoms with Gasteiger partial charge in [-0.3, -0.25) is 9.69 Å². The zero-order chi connectivity index (χ0) is 16.2. The van der Waals surface area contributed by atoms with Crippen molar-refractivity contribution in [1.82, 2.24) is 10.2 Å². The van der Waals surface area contributed by atoms with Crippen LogP contribution in [0, 0.1) is 11.7 Å². The van der Waals surface area contributed by atoms with Gasteiger partial charge in [0, 0.05) is 13.1 Å². The average Bonchev–Trinajstić information content (AvgIpc) is 2.77. The van der Waals surface area contributed by atoms with E-state index in [-0.39, 0.29) is 35.7 Å². The van der Waals surface area contributed by atoms with Crippen LogP contribution in [0.15, 0.2) is 24.3 Å². The normalized spacial score (nSPS) is 20.2. The molecule has 0 saturated carbocycles. The van der Waals surface area contributed by atoms with Gasteiger partial charge in [-0.05, 0) is 37.1 Å². The van der Waals surface area contributed by atoms with Gasteiger partial charge in [-0.1, -0.05) is 12.1 Å². The molecule has 1 aromatic rings. The molecule has 7 heteroatoms. The van der Waals surface area contributed by atoms with Gasteiger partial charge in [0.2, 0.25) is 5.91 Å². The van der Waals surface area contributed by atoms with E-state index >= 15 is 0 Å². The number of carbonyl (C=O) groups is 1. The first-order chi connectivity index (χ1) is 10.3. The number of nitrogens with one attached hydrogen (secondary N) is 1. The molecule has 0 aliphatic carbocycles. The minimum atomic E-state index is -2.88. The number of hydrogen-bond donors (Lipinski definition) is 1. The van der Waals surface area contributed by atoms with E-state index in [1.54, 1.807) is 12.1 Å². The van der Waals surface area contributed by atoms with E-state index in [0.29, 0.717) is 19.5 Å². The Labute approximate surface area is 130 Å². The molecule has 1 aliphatic rings. The number of hydrogen-bond acceptors (Lipinski definition) is 4. The Bertz CT molecular complexity index is 616. The summed E-state index contributed by atoms with van der Waals surface area (Å²) in [5.41, 5.74) is 0.833. The molecular formula is C15H21FN2O3S. The van der Waals surface area contributed by atoms with Gasteiger partial charge < -0.3 is 5.32 Å². The lowest BCUT2D eigenvalue weighted by molar-refractivity contribution is -0.122. The van der Waals surface area contributed by atoms with Gasteiger partial charge in [-0.25, -0.2) is 12.8 Å². The second kappa shape index (κ2) is 7.19. The SMILES string of the molecule is CN(CC(=O)NCc1ccc(F)cc1)C[C@@H]1CCS(=O)(=O)C1. The zero-order valence-corrected chi connectivity index (χ0v) is 13.4. The number of likely N-dealkylation sites (N-methyl/N-ethyl adjacent to an activating group) is 1. The van der Waals surface area contributed by atoms with Crippen LogP contribution >= 0.6 is 0 Å². The molecule has 1 aromatic carbocycles. The van der Waals surface area contributed by atoms with Gasteiger partial charge in [0.05, 0.1) is 18.1 Å². The third-order valence-electron chi connectivity index (χ3n) is 3.71. The summed E-state index contributed by atoms with van der Waals surface area (Å²) >= 11 is 0. The van der Waals surface area contributed by atoms with Crippen molar-refractivity contribution in [2.24, 2.45) is 5.92 Å². The van der Waals surface area contributed by atoms with E-state index in [0.717, 1.165) is 5.56 Å². The molecule has 2 rings (SSSR count). The fraction of sp³-hybridized carbons (Fsp3) is 0.533. The third kappa shape index (κ3) is 5.38. The van der Waals surface area contributed by atoms with Crippen LogP contribution in [0.1, 0.15) is 12.0 Å². The molecule has 0 bridgehead atoms. The van der Waals surface area contributed by atoms with Crippen LogP contribution in [0.5, 0.6) is 0 Å². The van der Waals surface area contributed by atoms with Crippen molar-refractivity contribution in [3.05, 3.63) is 35.6 Å². The molecule has 1 aliphatic heterocycles. The van der Waals surface area contributed by atoms with E-state index in [9.17, 15) is 17.6 Å². The number of benzene rings is 1. The maximum Gasteiger partial charge on any atom is 0.234 e. The minimum absolute atomic E-state index is 0.111. The number of amides is 1. The maximum atomic E-state index is 12.8. The number of nitrogens with zero attached hydrogens (tertiary/aromatic N) is 1. The van der Waals surface area contributed by atoms with Crippen molar-refractivity contribution in [1.29, 1.82) is 0 Å². The van der Waals surface area contributed by atoms with Crippen molar-refractivity contribution < 1.29 is 17.6 Å². The van der Waals surface area contributed by atoms with Crippen LogP contribution < -0.4 is 5.32 Å². The van der Waals surface area contributed by atoms with Gasteiger partial charge in [-0.15, -0.1) is 0 Å². The summed E-state index contributed by atoms with van der Waals surface area (Å²) in [6.07, 6.45) is 0.671. The Balaban J connectivity index is 1.71.